The van der Waals surface area contributed by atoms with E-state index in [1.807, 2.05) is 41.5 Å². The molecule has 6 aromatic rings. The summed E-state index contributed by atoms with van der Waals surface area (Å²) >= 11 is 0. The number of benzene rings is 6. The minimum absolute atomic E-state index is 1.10. The zero-order chi connectivity index (χ0) is 34.1. The first-order valence-corrected chi connectivity index (χ1v) is 18.2. The van der Waals surface area contributed by atoms with Crippen molar-refractivity contribution < 1.29 is 0 Å². The lowest BCUT2D eigenvalue weighted by Crippen LogP contribution is -2.06. The quantitative estimate of drug-likeness (QED) is 0.156. The Morgan fingerprint density at radius 1 is 0.188 bits per heavy atom. The van der Waals surface area contributed by atoms with E-state index >= 15 is 0 Å². The number of rotatable bonds is 0. The Morgan fingerprint density at radius 2 is 0.271 bits per heavy atom. The zero-order valence-corrected chi connectivity index (χ0v) is 30.1. The van der Waals surface area contributed by atoms with Crippen LogP contribution in [0.3, 0.4) is 0 Å². The van der Waals surface area contributed by atoms with Gasteiger partial charge in [-0.3, -0.25) is 0 Å². The third-order valence-electron chi connectivity index (χ3n) is 9.00. The second-order valence-electron chi connectivity index (χ2n) is 11.7. The van der Waals surface area contributed by atoms with Gasteiger partial charge in [-0.2, -0.15) is 0 Å². The van der Waals surface area contributed by atoms with Crippen LogP contribution in [0.1, 0.15) is 108 Å². The fourth-order valence-electron chi connectivity index (χ4n) is 6.65. The maximum absolute atomic E-state index is 2.24. The van der Waals surface area contributed by atoms with Gasteiger partial charge in [0.2, 0.25) is 0 Å². The van der Waals surface area contributed by atoms with Gasteiger partial charge in [0, 0.05) is 0 Å². The van der Waals surface area contributed by atoms with Gasteiger partial charge in [0.05, 0.1) is 0 Å². The summed E-state index contributed by atoms with van der Waals surface area (Å²) in [6.45, 7) is 12.0. The standard InChI is InChI=1S/3C14H12.3C2H6/c3*1-2-6-12-10-14-8-4-3-7-13(14)9-11(12)5-1;3*1-2/h3*1-8H,9-10H2;3*1-2H3. The molecule has 0 spiro atoms. The van der Waals surface area contributed by atoms with Crippen molar-refractivity contribution in [2.75, 3.05) is 0 Å². The third-order valence-corrected chi connectivity index (χ3v) is 9.00. The van der Waals surface area contributed by atoms with Crippen LogP contribution in [0.5, 0.6) is 0 Å². The van der Waals surface area contributed by atoms with Crippen LogP contribution in [-0.4, -0.2) is 0 Å². The molecule has 0 aliphatic heterocycles. The predicted molar refractivity (Wildman–Crippen MR) is 210 cm³/mol. The summed E-state index contributed by atoms with van der Waals surface area (Å²) < 4.78 is 0. The summed E-state index contributed by atoms with van der Waals surface area (Å²) in [4.78, 5) is 0. The largest absolute Gasteiger partial charge is 0.0683 e. The van der Waals surface area contributed by atoms with Gasteiger partial charge in [-0.05, 0) is 105 Å². The van der Waals surface area contributed by atoms with Crippen LogP contribution in [0, 0.1) is 0 Å². The SMILES string of the molecule is CC.CC.CC.c1ccc2c(c1)Cc1ccccc1C2.c1ccc2c(c1)Cc1ccccc1C2.c1ccc2c(c1)Cc1ccccc1C2. The third kappa shape index (κ3) is 9.23. The maximum Gasteiger partial charge on any atom is -0.00201 e. The van der Waals surface area contributed by atoms with Crippen molar-refractivity contribution >= 4 is 0 Å². The molecule has 9 rings (SSSR count). The molecule has 0 radical (unpaired) electrons. The highest BCUT2D eigenvalue weighted by molar-refractivity contribution is 5.47. The summed E-state index contributed by atoms with van der Waals surface area (Å²) in [6, 6.07) is 52.5. The monoisotopic (exact) mass is 630 g/mol. The molecule has 0 heteroatoms. The van der Waals surface area contributed by atoms with Crippen molar-refractivity contribution in [2.24, 2.45) is 0 Å². The normalized spacial score (nSPS) is 11.9. The van der Waals surface area contributed by atoms with Gasteiger partial charge in [0.25, 0.3) is 0 Å². The fourth-order valence-corrected chi connectivity index (χ4v) is 6.65. The molecule has 0 bridgehead atoms. The van der Waals surface area contributed by atoms with Crippen LogP contribution in [0.4, 0.5) is 0 Å². The van der Waals surface area contributed by atoms with Crippen molar-refractivity contribution in [2.45, 2.75) is 80.1 Å². The van der Waals surface area contributed by atoms with E-state index in [4.69, 9.17) is 0 Å². The van der Waals surface area contributed by atoms with E-state index in [2.05, 4.69) is 146 Å². The average Bonchev–Trinajstić information content (AvgIpc) is 3.18. The molecule has 3 aliphatic rings. The number of fused-ring (bicyclic) bond motifs is 6. The Morgan fingerprint density at radius 3 is 0.354 bits per heavy atom. The van der Waals surface area contributed by atoms with Crippen LogP contribution in [0.15, 0.2) is 146 Å². The molecule has 0 saturated heterocycles. The highest BCUT2D eigenvalue weighted by atomic mass is 14.2. The first-order chi connectivity index (χ1) is 23.8. The van der Waals surface area contributed by atoms with E-state index in [0.29, 0.717) is 0 Å². The van der Waals surface area contributed by atoms with Crippen LogP contribution in [-0.2, 0) is 38.5 Å². The van der Waals surface area contributed by atoms with Crippen LogP contribution in [0.25, 0.3) is 0 Å². The average molecular weight is 631 g/mol. The lowest BCUT2D eigenvalue weighted by molar-refractivity contribution is 1.00. The minimum atomic E-state index is 1.10. The van der Waals surface area contributed by atoms with Gasteiger partial charge in [-0.1, -0.05) is 187 Å². The molecule has 0 nitrogen and oxygen atoms in total. The Bertz CT molecular complexity index is 1360. The lowest BCUT2D eigenvalue weighted by atomic mass is 9.86. The summed E-state index contributed by atoms with van der Waals surface area (Å²) in [5.74, 6) is 0. The topological polar surface area (TPSA) is 0 Å². The number of hydrogen-bond donors (Lipinski definition) is 0. The maximum atomic E-state index is 2.24. The van der Waals surface area contributed by atoms with Crippen molar-refractivity contribution in [3.63, 3.8) is 0 Å². The van der Waals surface area contributed by atoms with Gasteiger partial charge in [-0.25, -0.2) is 0 Å². The minimum Gasteiger partial charge on any atom is -0.0683 e. The highest BCUT2D eigenvalue weighted by Crippen LogP contribution is 2.28. The second kappa shape index (κ2) is 19.2. The fraction of sp³-hybridized carbons (Fsp3) is 0.250. The Hall–Kier alpha value is -4.68. The molecule has 0 unspecified atom stereocenters. The lowest BCUT2D eigenvalue weighted by Gasteiger charge is -2.18. The molecule has 0 heterocycles. The molecular formula is C48H54. The Labute approximate surface area is 291 Å². The van der Waals surface area contributed by atoms with Gasteiger partial charge < -0.3 is 0 Å². The van der Waals surface area contributed by atoms with E-state index in [1.165, 1.54) is 66.8 Å². The Balaban J connectivity index is 0.000000151. The molecule has 0 aromatic heterocycles. The Kier molecular flexibility index (Phi) is 14.5. The van der Waals surface area contributed by atoms with E-state index in [0.717, 1.165) is 38.5 Å². The van der Waals surface area contributed by atoms with Gasteiger partial charge in [0.1, 0.15) is 0 Å². The van der Waals surface area contributed by atoms with E-state index in [1.54, 1.807) is 0 Å². The molecule has 0 amide bonds. The van der Waals surface area contributed by atoms with Gasteiger partial charge >= 0.3 is 0 Å². The summed E-state index contributed by atoms with van der Waals surface area (Å²) in [5.41, 5.74) is 17.9. The smallest absolute Gasteiger partial charge is 0.00201 e. The van der Waals surface area contributed by atoms with E-state index in [-0.39, 0.29) is 0 Å². The van der Waals surface area contributed by atoms with E-state index in [9.17, 15) is 0 Å². The molecule has 0 saturated carbocycles. The van der Waals surface area contributed by atoms with E-state index < -0.39 is 0 Å². The van der Waals surface area contributed by atoms with Gasteiger partial charge in [0.15, 0.2) is 0 Å². The molecule has 0 fully saturated rings. The number of hydrogen-bond acceptors (Lipinski definition) is 0. The van der Waals surface area contributed by atoms with Crippen molar-refractivity contribution in [3.05, 3.63) is 212 Å². The van der Waals surface area contributed by atoms with Crippen molar-refractivity contribution in [3.8, 4) is 0 Å². The predicted octanol–water partition coefficient (Wildman–Crippen LogP) is 12.6. The van der Waals surface area contributed by atoms with Crippen LogP contribution < -0.4 is 0 Å². The van der Waals surface area contributed by atoms with Crippen LogP contribution >= 0.6 is 0 Å². The van der Waals surface area contributed by atoms with Crippen molar-refractivity contribution in [1.82, 2.24) is 0 Å². The molecule has 246 valence electrons. The zero-order valence-electron chi connectivity index (χ0n) is 30.1. The summed E-state index contributed by atoms with van der Waals surface area (Å²) in [7, 11) is 0. The molecule has 0 N–H and O–H groups in total. The molecule has 48 heavy (non-hydrogen) atoms. The first kappa shape index (κ1) is 36.2. The summed E-state index contributed by atoms with van der Waals surface area (Å²) in [6.07, 6.45) is 6.62. The summed E-state index contributed by atoms with van der Waals surface area (Å²) in [5, 5.41) is 0. The van der Waals surface area contributed by atoms with Crippen molar-refractivity contribution in [1.29, 1.82) is 0 Å². The molecule has 6 aromatic carbocycles. The second-order valence-corrected chi connectivity index (χ2v) is 11.7. The molecular weight excluding hydrogens is 577 g/mol. The van der Waals surface area contributed by atoms with Crippen LogP contribution in [0.2, 0.25) is 0 Å². The molecule has 0 atom stereocenters. The highest BCUT2D eigenvalue weighted by Gasteiger charge is 2.15. The molecule has 3 aliphatic carbocycles. The van der Waals surface area contributed by atoms with Gasteiger partial charge in [-0.15, -0.1) is 0 Å². The first-order valence-electron chi connectivity index (χ1n) is 18.2.